The topological polar surface area (TPSA) is 81.6 Å². The van der Waals surface area contributed by atoms with Crippen LogP contribution < -0.4 is 10.2 Å². The molecule has 7 nitrogen and oxygen atoms in total. The Balaban J connectivity index is 1.43. The van der Waals surface area contributed by atoms with E-state index in [1.807, 2.05) is 11.0 Å². The van der Waals surface area contributed by atoms with Gasteiger partial charge in [-0.15, -0.1) is 0 Å². The second-order valence-electron chi connectivity index (χ2n) is 6.37. The number of carbonyl (C=O) groups excluding carboxylic acids is 1. The molecule has 2 saturated heterocycles. The number of hydrogen-bond donors (Lipinski definition) is 2. The zero-order valence-corrected chi connectivity index (χ0v) is 13.4. The van der Waals surface area contributed by atoms with Crippen molar-refractivity contribution in [1.29, 1.82) is 0 Å². The Morgan fingerprint density at radius 2 is 1.78 bits per heavy atom. The molecule has 23 heavy (non-hydrogen) atoms. The molecular weight excluding hydrogens is 294 g/mol. The number of urea groups is 1. The number of aromatic nitrogens is 2. The lowest BCUT2D eigenvalue weighted by Crippen LogP contribution is -2.51. The van der Waals surface area contributed by atoms with Gasteiger partial charge in [0.05, 0.1) is 0 Å². The Bertz CT molecular complexity index is 496. The van der Waals surface area contributed by atoms with E-state index in [4.69, 9.17) is 5.11 Å². The zero-order valence-electron chi connectivity index (χ0n) is 13.4. The maximum atomic E-state index is 12.3. The minimum Gasteiger partial charge on any atom is -0.396 e. The largest absolute Gasteiger partial charge is 0.396 e. The van der Waals surface area contributed by atoms with Crippen LogP contribution in [0, 0.1) is 5.92 Å². The summed E-state index contributed by atoms with van der Waals surface area (Å²) < 4.78 is 0. The van der Waals surface area contributed by atoms with Crippen molar-refractivity contribution < 1.29 is 9.90 Å². The molecule has 0 unspecified atom stereocenters. The van der Waals surface area contributed by atoms with Crippen molar-refractivity contribution in [2.24, 2.45) is 5.92 Å². The highest BCUT2D eigenvalue weighted by Crippen LogP contribution is 2.18. The lowest BCUT2D eigenvalue weighted by molar-refractivity contribution is 0.135. The van der Waals surface area contributed by atoms with Crippen LogP contribution in [0.25, 0.3) is 0 Å². The molecule has 3 heterocycles. The third-order valence-corrected chi connectivity index (χ3v) is 4.82. The van der Waals surface area contributed by atoms with Gasteiger partial charge in [-0.25, -0.2) is 14.8 Å². The molecular formula is C16H25N5O2. The van der Waals surface area contributed by atoms with Gasteiger partial charge in [0, 0.05) is 51.2 Å². The van der Waals surface area contributed by atoms with Crippen LogP contribution in [0.2, 0.25) is 0 Å². The van der Waals surface area contributed by atoms with Crippen LogP contribution in [0.15, 0.2) is 18.5 Å². The number of amides is 2. The van der Waals surface area contributed by atoms with Gasteiger partial charge in [0.1, 0.15) is 0 Å². The summed E-state index contributed by atoms with van der Waals surface area (Å²) in [6, 6.07) is 2.07. The summed E-state index contributed by atoms with van der Waals surface area (Å²) in [4.78, 5) is 24.9. The molecule has 7 heteroatoms. The van der Waals surface area contributed by atoms with Crippen molar-refractivity contribution in [3.05, 3.63) is 18.5 Å². The molecule has 1 aromatic heterocycles. The van der Waals surface area contributed by atoms with Crippen LogP contribution in [-0.4, -0.2) is 64.8 Å². The van der Waals surface area contributed by atoms with Crippen LogP contribution in [0.5, 0.6) is 0 Å². The predicted molar refractivity (Wildman–Crippen MR) is 87.2 cm³/mol. The number of hydrogen-bond acceptors (Lipinski definition) is 5. The molecule has 126 valence electrons. The number of anilines is 1. The summed E-state index contributed by atoms with van der Waals surface area (Å²) >= 11 is 0. The SMILES string of the molecule is O=C(NC1CCN(c2ncccn2)CC1)N1CCC(CO)CC1. The second kappa shape index (κ2) is 7.59. The molecule has 3 rings (SSSR count). The van der Waals surface area contributed by atoms with Gasteiger partial charge >= 0.3 is 6.03 Å². The summed E-state index contributed by atoms with van der Waals surface area (Å²) in [5.74, 6) is 1.12. The maximum Gasteiger partial charge on any atom is 0.317 e. The lowest BCUT2D eigenvalue weighted by atomic mass is 9.98. The van der Waals surface area contributed by atoms with Gasteiger partial charge in [-0.05, 0) is 37.7 Å². The highest BCUT2D eigenvalue weighted by molar-refractivity contribution is 5.74. The first-order valence-electron chi connectivity index (χ1n) is 8.44. The van der Waals surface area contributed by atoms with Gasteiger partial charge in [-0.1, -0.05) is 0 Å². The Hall–Kier alpha value is -1.89. The highest BCUT2D eigenvalue weighted by Gasteiger charge is 2.26. The van der Waals surface area contributed by atoms with Crippen molar-refractivity contribution in [1.82, 2.24) is 20.2 Å². The zero-order chi connectivity index (χ0) is 16.1. The van der Waals surface area contributed by atoms with E-state index in [2.05, 4.69) is 20.2 Å². The Kier molecular flexibility index (Phi) is 5.27. The number of piperidine rings is 2. The van der Waals surface area contributed by atoms with Crippen LogP contribution >= 0.6 is 0 Å². The average molecular weight is 319 g/mol. The number of nitrogens with zero attached hydrogens (tertiary/aromatic N) is 4. The van der Waals surface area contributed by atoms with Crippen LogP contribution in [0.3, 0.4) is 0 Å². The molecule has 0 radical (unpaired) electrons. The highest BCUT2D eigenvalue weighted by atomic mass is 16.3. The molecule has 2 N–H and O–H groups in total. The van der Waals surface area contributed by atoms with Crippen molar-refractivity contribution in [3.8, 4) is 0 Å². The van der Waals surface area contributed by atoms with Crippen LogP contribution in [0.4, 0.5) is 10.7 Å². The van der Waals surface area contributed by atoms with Gasteiger partial charge in [0.2, 0.25) is 5.95 Å². The van der Waals surface area contributed by atoms with Crippen LogP contribution in [-0.2, 0) is 0 Å². The van der Waals surface area contributed by atoms with Crippen LogP contribution in [0.1, 0.15) is 25.7 Å². The van der Waals surface area contributed by atoms with Gasteiger partial charge in [0.25, 0.3) is 0 Å². The van der Waals surface area contributed by atoms with E-state index in [0.717, 1.165) is 57.8 Å². The van der Waals surface area contributed by atoms with E-state index >= 15 is 0 Å². The normalized spacial score (nSPS) is 20.6. The standard InChI is InChI=1S/C16H25N5O2/c22-12-13-2-8-21(9-3-13)16(23)19-14-4-10-20(11-5-14)15-17-6-1-7-18-15/h1,6-7,13-14,22H,2-5,8-12H2,(H,19,23). The molecule has 0 saturated carbocycles. The van der Waals surface area contributed by atoms with Crippen molar-refractivity contribution >= 4 is 12.0 Å². The molecule has 2 aliphatic rings. The van der Waals surface area contributed by atoms with E-state index in [1.54, 1.807) is 12.4 Å². The average Bonchev–Trinajstić information content (AvgIpc) is 2.63. The Labute approximate surface area is 136 Å². The quantitative estimate of drug-likeness (QED) is 0.863. The predicted octanol–water partition coefficient (Wildman–Crippen LogP) is 0.859. The van der Waals surface area contributed by atoms with Gasteiger partial charge < -0.3 is 20.2 Å². The first-order valence-corrected chi connectivity index (χ1v) is 8.44. The molecule has 0 aliphatic carbocycles. The fourth-order valence-corrected chi connectivity index (χ4v) is 3.26. The molecule has 0 aromatic carbocycles. The number of aliphatic hydroxyl groups is 1. The number of aliphatic hydroxyl groups excluding tert-OH is 1. The monoisotopic (exact) mass is 319 g/mol. The number of carbonyl (C=O) groups is 1. The molecule has 0 bridgehead atoms. The third kappa shape index (κ3) is 4.10. The molecule has 0 spiro atoms. The van der Waals surface area contributed by atoms with Gasteiger partial charge in [-0.3, -0.25) is 0 Å². The van der Waals surface area contributed by atoms with E-state index in [-0.39, 0.29) is 18.7 Å². The van der Waals surface area contributed by atoms with Gasteiger partial charge in [-0.2, -0.15) is 0 Å². The van der Waals surface area contributed by atoms with E-state index in [1.165, 1.54) is 0 Å². The minimum atomic E-state index is 0.0378. The van der Waals surface area contributed by atoms with E-state index in [9.17, 15) is 4.79 Å². The lowest BCUT2D eigenvalue weighted by Gasteiger charge is -2.35. The van der Waals surface area contributed by atoms with Crippen molar-refractivity contribution in [2.75, 3.05) is 37.7 Å². The summed E-state index contributed by atoms with van der Waals surface area (Å²) in [6.07, 6.45) is 7.13. The van der Waals surface area contributed by atoms with Gasteiger partial charge in [0.15, 0.2) is 0 Å². The second-order valence-corrected chi connectivity index (χ2v) is 6.37. The number of nitrogens with one attached hydrogen (secondary N) is 1. The molecule has 2 aliphatic heterocycles. The molecule has 0 atom stereocenters. The fraction of sp³-hybridized carbons (Fsp3) is 0.688. The first-order chi connectivity index (χ1) is 11.3. The van der Waals surface area contributed by atoms with E-state index < -0.39 is 0 Å². The molecule has 2 fully saturated rings. The number of rotatable bonds is 3. The summed E-state index contributed by atoms with van der Waals surface area (Å²) in [6.45, 7) is 3.44. The Morgan fingerprint density at radius 1 is 1.13 bits per heavy atom. The first kappa shape index (κ1) is 16.0. The number of likely N-dealkylation sites (tertiary alicyclic amines) is 1. The van der Waals surface area contributed by atoms with E-state index in [0.29, 0.717) is 5.92 Å². The Morgan fingerprint density at radius 3 is 2.39 bits per heavy atom. The third-order valence-electron chi connectivity index (χ3n) is 4.82. The smallest absolute Gasteiger partial charge is 0.317 e. The minimum absolute atomic E-state index is 0.0378. The fourth-order valence-electron chi connectivity index (χ4n) is 3.26. The molecule has 1 aromatic rings. The van der Waals surface area contributed by atoms with Crippen molar-refractivity contribution in [2.45, 2.75) is 31.7 Å². The summed E-state index contributed by atoms with van der Waals surface area (Å²) in [7, 11) is 0. The summed E-state index contributed by atoms with van der Waals surface area (Å²) in [5.41, 5.74) is 0. The maximum absolute atomic E-state index is 12.3. The van der Waals surface area contributed by atoms with Crippen molar-refractivity contribution in [3.63, 3.8) is 0 Å². The summed E-state index contributed by atoms with van der Waals surface area (Å²) in [5, 5.41) is 12.3. The molecule has 2 amide bonds.